The fraction of sp³-hybridized carbons (Fsp3) is 0.130. The van der Waals surface area contributed by atoms with Crippen LogP contribution in [0.1, 0.15) is 6.42 Å². The van der Waals surface area contributed by atoms with Crippen molar-refractivity contribution in [1.82, 2.24) is 9.97 Å². The topological polar surface area (TPSA) is 78.7 Å². The number of nitrogens with one attached hydrogen (secondary N) is 1. The van der Waals surface area contributed by atoms with E-state index in [9.17, 15) is 4.79 Å². The van der Waals surface area contributed by atoms with Crippen LogP contribution >= 0.6 is 11.6 Å². The van der Waals surface area contributed by atoms with Crippen molar-refractivity contribution in [3.05, 3.63) is 65.9 Å². The molecule has 0 radical (unpaired) electrons. The molecular formula is C23H15ClN4O. The number of rotatable bonds is 3. The number of amides is 1. The number of benzene rings is 2. The standard InChI is InChI=1S/C23H15ClN4O/c24-20-9-13(16-5-6-26-21-4-2-1-3-17(16)21)7-14-10-22(27-12-19(14)20)28-23(29)18-8-15(18)11-25/h1-7,9-10,12,15,18H,8H2,(H,27,28,29). The molecule has 5 nitrogen and oxygen atoms in total. The van der Waals surface area contributed by atoms with Gasteiger partial charge in [0.05, 0.1) is 28.4 Å². The third-order valence-electron chi connectivity index (χ3n) is 5.29. The molecule has 0 spiro atoms. The zero-order valence-electron chi connectivity index (χ0n) is 15.3. The zero-order chi connectivity index (χ0) is 20.0. The van der Waals surface area contributed by atoms with E-state index in [0.717, 1.165) is 32.8 Å². The Morgan fingerprint density at radius 3 is 2.83 bits per heavy atom. The summed E-state index contributed by atoms with van der Waals surface area (Å²) in [4.78, 5) is 21.0. The number of nitrogens with zero attached hydrogens (tertiary/aromatic N) is 3. The Kier molecular flexibility index (Phi) is 4.15. The molecule has 2 heterocycles. The van der Waals surface area contributed by atoms with Gasteiger partial charge in [-0.1, -0.05) is 29.8 Å². The smallest absolute Gasteiger partial charge is 0.230 e. The summed E-state index contributed by atoms with van der Waals surface area (Å²) in [6.45, 7) is 0. The lowest BCUT2D eigenvalue weighted by Gasteiger charge is -2.10. The van der Waals surface area contributed by atoms with Crippen molar-refractivity contribution >= 4 is 45.0 Å². The molecule has 1 amide bonds. The van der Waals surface area contributed by atoms with E-state index < -0.39 is 0 Å². The van der Waals surface area contributed by atoms with E-state index in [4.69, 9.17) is 16.9 Å². The number of hydrogen-bond donors (Lipinski definition) is 1. The van der Waals surface area contributed by atoms with Crippen LogP contribution in [0.3, 0.4) is 0 Å². The molecule has 140 valence electrons. The average Bonchev–Trinajstić information content (AvgIpc) is 3.53. The second kappa shape index (κ2) is 6.84. The van der Waals surface area contributed by atoms with Gasteiger partial charge in [0.25, 0.3) is 0 Å². The number of aromatic nitrogens is 2. The molecule has 6 heteroatoms. The second-order valence-corrected chi connectivity index (χ2v) is 7.60. The van der Waals surface area contributed by atoms with Crippen molar-refractivity contribution in [1.29, 1.82) is 5.26 Å². The van der Waals surface area contributed by atoms with Gasteiger partial charge in [-0.25, -0.2) is 4.98 Å². The summed E-state index contributed by atoms with van der Waals surface area (Å²) in [7, 11) is 0. The third kappa shape index (κ3) is 3.18. The van der Waals surface area contributed by atoms with Crippen LogP contribution in [0.25, 0.3) is 32.8 Å². The van der Waals surface area contributed by atoms with Gasteiger partial charge in [-0.2, -0.15) is 5.26 Å². The fourth-order valence-electron chi connectivity index (χ4n) is 3.63. The molecule has 2 unspecified atom stereocenters. The van der Waals surface area contributed by atoms with Crippen LogP contribution < -0.4 is 5.32 Å². The van der Waals surface area contributed by atoms with Crippen molar-refractivity contribution in [3.8, 4) is 17.2 Å². The van der Waals surface area contributed by atoms with Crippen LogP contribution in [0.15, 0.2) is 60.9 Å². The molecule has 4 aromatic rings. The normalized spacial score (nSPS) is 17.8. The van der Waals surface area contributed by atoms with Crippen molar-refractivity contribution in [2.75, 3.05) is 5.32 Å². The van der Waals surface area contributed by atoms with E-state index in [0.29, 0.717) is 17.3 Å². The summed E-state index contributed by atoms with van der Waals surface area (Å²) in [5.74, 6) is -0.128. The van der Waals surface area contributed by atoms with Crippen LogP contribution in [0.4, 0.5) is 5.82 Å². The quantitative estimate of drug-likeness (QED) is 0.514. The van der Waals surface area contributed by atoms with E-state index in [2.05, 4.69) is 21.4 Å². The summed E-state index contributed by atoms with van der Waals surface area (Å²) in [6.07, 6.45) is 4.06. The number of pyridine rings is 2. The van der Waals surface area contributed by atoms with Gasteiger partial charge in [0.2, 0.25) is 5.91 Å². The van der Waals surface area contributed by atoms with Crippen LogP contribution in [0.5, 0.6) is 0 Å². The van der Waals surface area contributed by atoms with Crippen molar-refractivity contribution < 1.29 is 4.79 Å². The minimum absolute atomic E-state index is 0.161. The number of nitriles is 1. The predicted octanol–water partition coefficient (Wildman–Crippen LogP) is 5.20. The highest BCUT2D eigenvalue weighted by Crippen LogP contribution is 2.39. The molecule has 2 atom stereocenters. The lowest BCUT2D eigenvalue weighted by molar-refractivity contribution is -0.117. The van der Waals surface area contributed by atoms with E-state index in [1.807, 2.05) is 48.5 Å². The van der Waals surface area contributed by atoms with Crippen molar-refractivity contribution in [3.63, 3.8) is 0 Å². The van der Waals surface area contributed by atoms with Crippen LogP contribution in [0.2, 0.25) is 5.02 Å². The molecule has 1 aliphatic rings. The molecule has 5 rings (SSSR count). The van der Waals surface area contributed by atoms with Gasteiger partial charge in [0, 0.05) is 23.2 Å². The minimum Gasteiger partial charge on any atom is -0.310 e. The van der Waals surface area contributed by atoms with Gasteiger partial charge in [0.15, 0.2) is 0 Å². The first-order chi connectivity index (χ1) is 14.1. The second-order valence-electron chi connectivity index (χ2n) is 7.19. The first-order valence-corrected chi connectivity index (χ1v) is 9.66. The maximum atomic E-state index is 12.2. The minimum atomic E-state index is -0.240. The SMILES string of the molecule is N#CC1CC1C(=O)Nc1cc2cc(-c3ccnc4ccccc34)cc(Cl)c2cn1. The van der Waals surface area contributed by atoms with Gasteiger partial charge in [0.1, 0.15) is 5.82 Å². The molecule has 1 N–H and O–H groups in total. The molecule has 1 aliphatic carbocycles. The summed E-state index contributed by atoms with van der Waals surface area (Å²) in [5, 5.41) is 15.1. The number of anilines is 1. The van der Waals surface area contributed by atoms with Crippen molar-refractivity contribution in [2.24, 2.45) is 11.8 Å². The first-order valence-electron chi connectivity index (χ1n) is 9.28. The van der Waals surface area contributed by atoms with Gasteiger partial charge >= 0.3 is 0 Å². The Morgan fingerprint density at radius 2 is 2.00 bits per heavy atom. The number of fused-ring (bicyclic) bond motifs is 2. The lowest BCUT2D eigenvalue weighted by Crippen LogP contribution is -2.15. The van der Waals surface area contributed by atoms with Crippen LogP contribution in [-0.4, -0.2) is 15.9 Å². The maximum Gasteiger partial charge on any atom is 0.230 e. The maximum absolute atomic E-state index is 12.2. The van der Waals surface area contributed by atoms with E-state index in [1.165, 1.54) is 0 Å². The number of hydrogen-bond acceptors (Lipinski definition) is 4. The lowest BCUT2D eigenvalue weighted by atomic mass is 9.99. The molecule has 0 aliphatic heterocycles. The first kappa shape index (κ1) is 17.6. The number of halogens is 1. The van der Waals surface area contributed by atoms with Gasteiger partial charge in [-0.3, -0.25) is 9.78 Å². The Morgan fingerprint density at radius 1 is 1.14 bits per heavy atom. The van der Waals surface area contributed by atoms with Gasteiger partial charge in [-0.05, 0) is 53.3 Å². The average molecular weight is 399 g/mol. The third-order valence-corrected chi connectivity index (χ3v) is 5.60. The Balaban J connectivity index is 1.56. The summed E-state index contributed by atoms with van der Waals surface area (Å²) in [5.41, 5.74) is 2.92. The van der Waals surface area contributed by atoms with Crippen molar-refractivity contribution in [2.45, 2.75) is 6.42 Å². The molecule has 2 aromatic carbocycles. The molecule has 29 heavy (non-hydrogen) atoms. The van der Waals surface area contributed by atoms with Gasteiger partial charge in [-0.15, -0.1) is 0 Å². The Labute approximate surface area is 172 Å². The summed E-state index contributed by atoms with van der Waals surface area (Å²) in [6, 6.07) is 17.8. The highest BCUT2D eigenvalue weighted by Gasteiger charge is 2.43. The highest BCUT2D eigenvalue weighted by atomic mass is 35.5. The predicted molar refractivity (Wildman–Crippen MR) is 113 cm³/mol. The largest absolute Gasteiger partial charge is 0.310 e. The molecule has 0 saturated heterocycles. The molecule has 2 aromatic heterocycles. The molecular weight excluding hydrogens is 384 g/mol. The molecule has 1 saturated carbocycles. The number of carbonyl (C=O) groups is 1. The highest BCUT2D eigenvalue weighted by molar-refractivity contribution is 6.36. The molecule has 1 fully saturated rings. The van der Waals surface area contributed by atoms with Gasteiger partial charge < -0.3 is 5.32 Å². The number of carbonyl (C=O) groups excluding carboxylic acids is 1. The van der Waals surface area contributed by atoms with Crippen LogP contribution in [-0.2, 0) is 4.79 Å². The summed E-state index contributed by atoms with van der Waals surface area (Å²) < 4.78 is 0. The van der Waals surface area contributed by atoms with Crippen LogP contribution in [0, 0.1) is 23.2 Å². The Hall–Kier alpha value is -3.49. The fourth-order valence-corrected chi connectivity index (χ4v) is 3.91. The van der Waals surface area contributed by atoms with E-state index >= 15 is 0 Å². The summed E-state index contributed by atoms with van der Waals surface area (Å²) >= 11 is 6.54. The van der Waals surface area contributed by atoms with E-state index in [1.54, 1.807) is 12.4 Å². The Bertz CT molecular complexity index is 1320. The van der Waals surface area contributed by atoms with E-state index in [-0.39, 0.29) is 17.7 Å². The monoisotopic (exact) mass is 398 g/mol. The zero-order valence-corrected chi connectivity index (χ0v) is 16.0. The molecule has 0 bridgehead atoms. The number of para-hydroxylation sites is 1.